The van der Waals surface area contributed by atoms with E-state index in [4.69, 9.17) is 12.2 Å². The minimum Gasteiger partial charge on any atom is -0.342 e. The average Bonchev–Trinajstić information content (AvgIpc) is 3.01. The number of carbonyl (C=O) groups is 1. The molecule has 1 amide bonds. The van der Waals surface area contributed by atoms with Crippen molar-refractivity contribution in [2.24, 2.45) is 0 Å². The number of rotatable bonds is 10. The third kappa shape index (κ3) is 6.24. The SMILES string of the molecule is CCCCN(CCCC)C(=O)CSc1nn(-c2ccccc2)c(=S)s1. The molecule has 7 heteroatoms. The van der Waals surface area contributed by atoms with Crippen LogP contribution in [0.1, 0.15) is 39.5 Å². The van der Waals surface area contributed by atoms with Gasteiger partial charge >= 0.3 is 0 Å². The van der Waals surface area contributed by atoms with Gasteiger partial charge in [0.2, 0.25) is 5.91 Å². The van der Waals surface area contributed by atoms with Crippen LogP contribution in [0.2, 0.25) is 0 Å². The smallest absolute Gasteiger partial charge is 0.233 e. The Kier molecular flexibility index (Phi) is 8.64. The summed E-state index contributed by atoms with van der Waals surface area (Å²) in [4.78, 5) is 14.5. The van der Waals surface area contributed by atoms with Crippen molar-refractivity contribution in [1.29, 1.82) is 0 Å². The molecular formula is C18H25N3OS3. The molecule has 0 spiro atoms. The largest absolute Gasteiger partial charge is 0.342 e. The molecule has 0 aliphatic heterocycles. The predicted octanol–water partition coefficient (Wildman–Crippen LogP) is 5.18. The lowest BCUT2D eigenvalue weighted by atomic mass is 10.2. The number of thioether (sulfide) groups is 1. The van der Waals surface area contributed by atoms with Crippen LogP contribution in [0.15, 0.2) is 34.7 Å². The van der Waals surface area contributed by atoms with Gasteiger partial charge in [-0.25, -0.2) is 4.68 Å². The van der Waals surface area contributed by atoms with E-state index in [1.165, 1.54) is 23.1 Å². The molecule has 0 radical (unpaired) electrons. The summed E-state index contributed by atoms with van der Waals surface area (Å²) in [7, 11) is 0. The first-order valence-corrected chi connectivity index (χ1v) is 10.9. The minimum absolute atomic E-state index is 0.194. The van der Waals surface area contributed by atoms with Gasteiger partial charge in [-0.15, -0.1) is 5.10 Å². The minimum atomic E-state index is 0.194. The van der Waals surface area contributed by atoms with E-state index in [2.05, 4.69) is 18.9 Å². The van der Waals surface area contributed by atoms with Crippen molar-refractivity contribution in [3.63, 3.8) is 0 Å². The molecule has 0 aliphatic carbocycles. The molecule has 0 atom stereocenters. The average molecular weight is 396 g/mol. The van der Waals surface area contributed by atoms with Gasteiger partial charge in [0.1, 0.15) is 0 Å². The third-order valence-corrected chi connectivity index (χ3v) is 6.12. The Bertz CT molecular complexity index is 704. The summed E-state index contributed by atoms with van der Waals surface area (Å²) >= 11 is 8.35. The van der Waals surface area contributed by atoms with Crippen molar-refractivity contribution in [1.82, 2.24) is 14.7 Å². The maximum atomic E-state index is 12.5. The van der Waals surface area contributed by atoms with Crippen molar-refractivity contribution in [3.8, 4) is 5.69 Å². The number of unbranched alkanes of at least 4 members (excludes halogenated alkanes) is 2. The van der Waals surface area contributed by atoms with Crippen molar-refractivity contribution in [2.45, 2.75) is 43.9 Å². The van der Waals surface area contributed by atoms with Crippen LogP contribution in [-0.4, -0.2) is 39.4 Å². The summed E-state index contributed by atoms with van der Waals surface area (Å²) in [6.45, 7) is 6.01. The highest BCUT2D eigenvalue weighted by Crippen LogP contribution is 2.24. The molecule has 0 aliphatic rings. The molecule has 2 rings (SSSR count). The summed E-state index contributed by atoms with van der Waals surface area (Å²) in [5.74, 6) is 0.615. The van der Waals surface area contributed by atoms with Crippen LogP contribution in [0.3, 0.4) is 0 Å². The molecule has 0 bridgehead atoms. The lowest BCUT2D eigenvalue weighted by Crippen LogP contribution is -2.34. The maximum absolute atomic E-state index is 12.5. The second-order valence-electron chi connectivity index (χ2n) is 5.76. The van der Waals surface area contributed by atoms with Gasteiger partial charge in [-0.2, -0.15) is 0 Å². The topological polar surface area (TPSA) is 38.1 Å². The Balaban J connectivity index is 1.97. The van der Waals surface area contributed by atoms with E-state index in [0.29, 0.717) is 9.71 Å². The molecule has 4 nitrogen and oxygen atoms in total. The van der Waals surface area contributed by atoms with Crippen LogP contribution in [0.25, 0.3) is 5.69 Å². The van der Waals surface area contributed by atoms with Crippen molar-refractivity contribution < 1.29 is 4.79 Å². The van der Waals surface area contributed by atoms with Gasteiger partial charge in [0.15, 0.2) is 8.29 Å². The fourth-order valence-electron chi connectivity index (χ4n) is 2.33. The van der Waals surface area contributed by atoms with Gasteiger partial charge in [-0.05, 0) is 37.2 Å². The van der Waals surface area contributed by atoms with Crippen LogP contribution >= 0.6 is 35.3 Å². The Morgan fingerprint density at radius 1 is 1.20 bits per heavy atom. The quantitative estimate of drug-likeness (QED) is 0.410. The van der Waals surface area contributed by atoms with E-state index in [0.717, 1.165) is 48.8 Å². The summed E-state index contributed by atoms with van der Waals surface area (Å²) in [6.07, 6.45) is 4.32. The highest BCUT2D eigenvalue weighted by Gasteiger charge is 2.14. The molecule has 0 fully saturated rings. The molecule has 1 aromatic heterocycles. The Morgan fingerprint density at radius 3 is 2.44 bits per heavy atom. The normalized spacial score (nSPS) is 10.8. The standard InChI is InChI=1S/C18H25N3OS3/c1-3-5-12-20(13-6-4-2)16(22)14-24-17-19-21(18(23)25-17)15-10-8-7-9-11-15/h7-11H,3-6,12-14H2,1-2H3. The van der Waals surface area contributed by atoms with E-state index >= 15 is 0 Å². The van der Waals surface area contributed by atoms with E-state index in [-0.39, 0.29) is 5.91 Å². The van der Waals surface area contributed by atoms with E-state index < -0.39 is 0 Å². The fraction of sp³-hybridized carbons (Fsp3) is 0.500. The van der Waals surface area contributed by atoms with Crippen LogP contribution in [-0.2, 0) is 4.79 Å². The number of hydrogen-bond acceptors (Lipinski definition) is 5. The highest BCUT2D eigenvalue weighted by atomic mass is 32.2. The molecule has 25 heavy (non-hydrogen) atoms. The summed E-state index contributed by atoms with van der Waals surface area (Å²) < 4.78 is 3.31. The molecule has 0 unspecified atom stereocenters. The van der Waals surface area contributed by atoms with Crippen molar-refractivity contribution in [3.05, 3.63) is 34.3 Å². The molecule has 0 saturated heterocycles. The van der Waals surface area contributed by atoms with Crippen LogP contribution in [0.4, 0.5) is 0 Å². The summed E-state index contributed by atoms with van der Waals surface area (Å²) in [5.41, 5.74) is 0.953. The second-order valence-corrected chi connectivity index (χ2v) is 8.60. The van der Waals surface area contributed by atoms with Gasteiger partial charge in [0, 0.05) is 13.1 Å². The zero-order valence-electron chi connectivity index (χ0n) is 14.8. The number of aromatic nitrogens is 2. The molecule has 0 saturated carbocycles. The summed E-state index contributed by atoms with van der Waals surface area (Å²) in [6, 6.07) is 9.85. The van der Waals surface area contributed by atoms with Gasteiger partial charge in [-0.3, -0.25) is 4.79 Å². The van der Waals surface area contributed by atoms with Gasteiger partial charge in [0.05, 0.1) is 11.4 Å². The maximum Gasteiger partial charge on any atom is 0.233 e. The zero-order valence-corrected chi connectivity index (χ0v) is 17.3. The molecular weight excluding hydrogens is 370 g/mol. The number of hydrogen-bond donors (Lipinski definition) is 0. The first-order valence-electron chi connectivity index (χ1n) is 8.71. The first-order chi connectivity index (χ1) is 12.2. The monoisotopic (exact) mass is 395 g/mol. The van der Waals surface area contributed by atoms with E-state index in [9.17, 15) is 4.79 Å². The Hall–Kier alpha value is -1.18. The number of nitrogens with zero attached hydrogens (tertiary/aromatic N) is 3. The molecule has 1 aromatic carbocycles. The Labute approximate surface area is 163 Å². The highest BCUT2D eigenvalue weighted by molar-refractivity contribution is 8.01. The van der Waals surface area contributed by atoms with Crippen LogP contribution < -0.4 is 0 Å². The molecule has 136 valence electrons. The lowest BCUT2D eigenvalue weighted by molar-refractivity contribution is -0.128. The predicted molar refractivity (Wildman–Crippen MR) is 109 cm³/mol. The third-order valence-electron chi connectivity index (χ3n) is 3.76. The first kappa shape index (κ1) is 20.1. The second kappa shape index (κ2) is 10.7. The molecule has 0 N–H and O–H groups in total. The number of para-hydroxylation sites is 1. The van der Waals surface area contributed by atoms with Gasteiger partial charge in [0.25, 0.3) is 0 Å². The fourth-order valence-corrected chi connectivity index (χ4v) is 4.59. The molecule has 2 aromatic rings. The lowest BCUT2D eigenvalue weighted by Gasteiger charge is -2.22. The molecule has 1 heterocycles. The van der Waals surface area contributed by atoms with Crippen LogP contribution in [0, 0.1) is 3.95 Å². The van der Waals surface area contributed by atoms with Crippen LogP contribution in [0.5, 0.6) is 0 Å². The number of benzene rings is 1. The van der Waals surface area contributed by atoms with E-state index in [1.807, 2.05) is 35.2 Å². The van der Waals surface area contributed by atoms with E-state index in [1.54, 1.807) is 4.68 Å². The van der Waals surface area contributed by atoms with Crippen molar-refractivity contribution in [2.75, 3.05) is 18.8 Å². The zero-order chi connectivity index (χ0) is 18.1. The number of carbonyl (C=O) groups excluding carboxylic acids is 1. The van der Waals surface area contributed by atoms with Gasteiger partial charge < -0.3 is 4.90 Å². The summed E-state index contributed by atoms with van der Waals surface area (Å²) in [5, 5.41) is 4.56. The Morgan fingerprint density at radius 2 is 1.84 bits per heavy atom. The number of amides is 1. The van der Waals surface area contributed by atoms with Gasteiger partial charge in [-0.1, -0.05) is 68.0 Å². The van der Waals surface area contributed by atoms with Crippen molar-refractivity contribution >= 4 is 41.2 Å².